The molecule has 2 aromatic carbocycles. The van der Waals surface area contributed by atoms with Gasteiger partial charge in [-0.1, -0.05) is 28.1 Å². The van der Waals surface area contributed by atoms with Crippen LogP contribution < -0.4 is 0 Å². The minimum Gasteiger partial charge on any atom is -0.207 e. The van der Waals surface area contributed by atoms with Gasteiger partial charge in [-0.3, -0.25) is 0 Å². The molecule has 0 nitrogen and oxygen atoms in total. The molecule has 2 rings (SSSR count). The van der Waals surface area contributed by atoms with Crippen molar-refractivity contribution in [3.63, 3.8) is 0 Å². The topological polar surface area (TPSA) is 0 Å². The molecule has 12 heavy (non-hydrogen) atoms. The van der Waals surface area contributed by atoms with E-state index in [0.29, 0.717) is 0 Å². The fraction of sp³-hybridized carbons (Fsp3) is 0. The van der Waals surface area contributed by atoms with E-state index in [1.807, 2.05) is 18.2 Å². The van der Waals surface area contributed by atoms with E-state index in [-0.39, 0.29) is 5.82 Å². The Labute approximate surface area is 78.1 Å². The van der Waals surface area contributed by atoms with Crippen molar-refractivity contribution in [2.45, 2.75) is 0 Å². The van der Waals surface area contributed by atoms with Crippen LogP contribution in [0.4, 0.5) is 4.39 Å². The zero-order chi connectivity index (χ0) is 8.55. The maximum absolute atomic E-state index is 12.8. The molecule has 0 fully saturated rings. The normalized spacial score (nSPS) is 10.5. The summed E-state index contributed by atoms with van der Waals surface area (Å²) in [7, 11) is 0. The van der Waals surface area contributed by atoms with Crippen molar-refractivity contribution in [1.29, 1.82) is 0 Å². The molecule has 2 aromatic rings. The molecule has 60 valence electrons. The Morgan fingerprint density at radius 2 is 1.67 bits per heavy atom. The summed E-state index contributed by atoms with van der Waals surface area (Å²) in [5.41, 5.74) is 0. The first-order valence-corrected chi connectivity index (χ1v) is 4.40. The van der Waals surface area contributed by atoms with E-state index >= 15 is 0 Å². The average molecular weight is 225 g/mol. The van der Waals surface area contributed by atoms with E-state index in [2.05, 4.69) is 15.9 Å². The van der Waals surface area contributed by atoms with Gasteiger partial charge in [-0.2, -0.15) is 0 Å². The standard InChI is InChI=1S/C10H6BrF/c11-9-3-1-7-2-4-10(12)6-8(7)5-9/h1-6H. The Morgan fingerprint density at radius 1 is 0.917 bits per heavy atom. The molecule has 0 N–H and O–H groups in total. The molecule has 0 radical (unpaired) electrons. The maximum atomic E-state index is 12.8. The van der Waals surface area contributed by atoms with Gasteiger partial charge in [0.25, 0.3) is 0 Å². The summed E-state index contributed by atoms with van der Waals surface area (Å²) in [6.45, 7) is 0. The van der Waals surface area contributed by atoms with E-state index in [1.165, 1.54) is 12.1 Å². The Hall–Kier alpha value is -0.890. The van der Waals surface area contributed by atoms with Crippen molar-refractivity contribution in [3.8, 4) is 0 Å². The monoisotopic (exact) mass is 224 g/mol. The molecule has 2 heteroatoms. The predicted molar refractivity (Wildman–Crippen MR) is 51.6 cm³/mol. The number of hydrogen-bond acceptors (Lipinski definition) is 0. The summed E-state index contributed by atoms with van der Waals surface area (Å²) in [5.74, 6) is -0.194. The first-order valence-electron chi connectivity index (χ1n) is 3.60. The van der Waals surface area contributed by atoms with Crippen LogP contribution in [-0.4, -0.2) is 0 Å². The van der Waals surface area contributed by atoms with Crippen molar-refractivity contribution in [2.24, 2.45) is 0 Å². The molecule has 0 saturated carbocycles. The third kappa shape index (κ3) is 1.34. The molecule has 0 aliphatic carbocycles. The van der Waals surface area contributed by atoms with E-state index in [4.69, 9.17) is 0 Å². The van der Waals surface area contributed by atoms with Gasteiger partial charge in [0.2, 0.25) is 0 Å². The molecule has 0 aliphatic heterocycles. The molecule has 0 unspecified atom stereocenters. The first-order chi connectivity index (χ1) is 5.75. The Bertz CT molecular complexity index is 386. The highest BCUT2D eigenvalue weighted by Gasteiger charge is 1.95. The second kappa shape index (κ2) is 2.87. The van der Waals surface area contributed by atoms with Crippen molar-refractivity contribution in [3.05, 3.63) is 46.7 Å². The summed E-state index contributed by atoms with van der Waals surface area (Å²) < 4.78 is 13.7. The van der Waals surface area contributed by atoms with Crippen LogP contribution in [0.3, 0.4) is 0 Å². The molecule has 0 heterocycles. The quantitative estimate of drug-likeness (QED) is 0.640. The summed E-state index contributed by atoms with van der Waals surface area (Å²) in [6.07, 6.45) is 0. The van der Waals surface area contributed by atoms with Gasteiger partial charge in [0.15, 0.2) is 0 Å². The largest absolute Gasteiger partial charge is 0.207 e. The summed E-state index contributed by atoms with van der Waals surface area (Å²) in [4.78, 5) is 0. The average Bonchev–Trinajstić information content (AvgIpc) is 2.03. The third-order valence-corrected chi connectivity index (χ3v) is 2.26. The van der Waals surface area contributed by atoms with Gasteiger partial charge in [-0.25, -0.2) is 4.39 Å². The molecule has 0 spiro atoms. The first kappa shape index (κ1) is 7.74. The highest BCUT2D eigenvalue weighted by Crippen LogP contribution is 2.20. The molecular weight excluding hydrogens is 219 g/mol. The van der Waals surface area contributed by atoms with Crippen LogP contribution in [0.15, 0.2) is 40.9 Å². The van der Waals surface area contributed by atoms with Crippen LogP contribution in [0, 0.1) is 5.82 Å². The van der Waals surface area contributed by atoms with Gasteiger partial charge in [0, 0.05) is 4.47 Å². The van der Waals surface area contributed by atoms with Gasteiger partial charge < -0.3 is 0 Å². The van der Waals surface area contributed by atoms with Crippen molar-refractivity contribution in [1.82, 2.24) is 0 Å². The third-order valence-electron chi connectivity index (χ3n) is 1.76. The lowest BCUT2D eigenvalue weighted by Gasteiger charge is -1.97. The van der Waals surface area contributed by atoms with E-state index in [9.17, 15) is 4.39 Å². The predicted octanol–water partition coefficient (Wildman–Crippen LogP) is 3.74. The van der Waals surface area contributed by atoms with Gasteiger partial charge in [-0.05, 0) is 35.0 Å². The van der Waals surface area contributed by atoms with Gasteiger partial charge in [0.1, 0.15) is 5.82 Å². The van der Waals surface area contributed by atoms with E-state index < -0.39 is 0 Å². The lowest BCUT2D eigenvalue weighted by atomic mass is 10.1. The highest BCUT2D eigenvalue weighted by molar-refractivity contribution is 9.10. The van der Waals surface area contributed by atoms with Gasteiger partial charge >= 0.3 is 0 Å². The van der Waals surface area contributed by atoms with E-state index in [1.54, 1.807) is 6.07 Å². The zero-order valence-electron chi connectivity index (χ0n) is 6.22. The number of halogens is 2. The fourth-order valence-corrected chi connectivity index (χ4v) is 1.57. The molecular formula is C10H6BrF. The molecule has 0 saturated heterocycles. The van der Waals surface area contributed by atoms with Gasteiger partial charge in [0.05, 0.1) is 0 Å². The maximum Gasteiger partial charge on any atom is 0.123 e. The fourth-order valence-electron chi connectivity index (χ4n) is 1.19. The second-order valence-corrected chi connectivity index (χ2v) is 3.55. The Morgan fingerprint density at radius 3 is 2.50 bits per heavy atom. The van der Waals surface area contributed by atoms with Crippen LogP contribution >= 0.6 is 15.9 Å². The summed E-state index contributed by atoms with van der Waals surface area (Å²) in [5, 5.41) is 1.98. The van der Waals surface area contributed by atoms with Crippen LogP contribution in [0.5, 0.6) is 0 Å². The minimum absolute atomic E-state index is 0.194. The van der Waals surface area contributed by atoms with Crippen LogP contribution in [0.2, 0.25) is 0 Å². The zero-order valence-corrected chi connectivity index (χ0v) is 7.81. The minimum atomic E-state index is -0.194. The molecule has 0 amide bonds. The molecule has 0 bridgehead atoms. The number of fused-ring (bicyclic) bond motifs is 1. The van der Waals surface area contributed by atoms with Gasteiger partial charge in [-0.15, -0.1) is 0 Å². The number of hydrogen-bond donors (Lipinski definition) is 0. The highest BCUT2D eigenvalue weighted by atomic mass is 79.9. The summed E-state index contributed by atoms with van der Waals surface area (Å²) >= 11 is 3.33. The second-order valence-electron chi connectivity index (χ2n) is 2.64. The smallest absolute Gasteiger partial charge is 0.123 e. The molecule has 0 atom stereocenters. The Balaban J connectivity index is 2.80. The molecule has 0 aromatic heterocycles. The Kier molecular flexibility index (Phi) is 1.85. The summed E-state index contributed by atoms with van der Waals surface area (Å²) in [6, 6.07) is 10.6. The van der Waals surface area contributed by atoms with Crippen molar-refractivity contribution in [2.75, 3.05) is 0 Å². The van der Waals surface area contributed by atoms with Crippen LogP contribution in [0.1, 0.15) is 0 Å². The van der Waals surface area contributed by atoms with Crippen molar-refractivity contribution >= 4 is 26.7 Å². The SMILES string of the molecule is Fc1ccc2ccc(Br)cc2c1. The van der Waals surface area contributed by atoms with Crippen LogP contribution in [0.25, 0.3) is 10.8 Å². The molecule has 0 aliphatic rings. The van der Waals surface area contributed by atoms with Crippen molar-refractivity contribution < 1.29 is 4.39 Å². The number of rotatable bonds is 0. The van der Waals surface area contributed by atoms with Crippen LogP contribution in [-0.2, 0) is 0 Å². The lowest BCUT2D eigenvalue weighted by Crippen LogP contribution is -1.75. The van der Waals surface area contributed by atoms with E-state index in [0.717, 1.165) is 15.2 Å². The number of benzene rings is 2. The lowest BCUT2D eigenvalue weighted by molar-refractivity contribution is 0.630.